The number of hydrogen-bond acceptors (Lipinski definition) is 4. The Morgan fingerprint density at radius 3 is 2.95 bits per heavy atom. The second kappa shape index (κ2) is 6.09. The van der Waals surface area contributed by atoms with Crippen molar-refractivity contribution in [3.05, 3.63) is 33.3 Å². The highest BCUT2D eigenvalue weighted by atomic mass is 35.5. The average Bonchev–Trinajstić information content (AvgIpc) is 2.38. The van der Waals surface area contributed by atoms with Crippen molar-refractivity contribution in [1.29, 1.82) is 0 Å². The molecule has 0 spiro atoms. The molecule has 0 amide bonds. The highest BCUT2D eigenvalue weighted by Crippen LogP contribution is 2.34. The number of rotatable bonds is 4. The van der Waals surface area contributed by atoms with E-state index in [4.69, 9.17) is 16.7 Å². The molecule has 1 heterocycles. The van der Waals surface area contributed by atoms with E-state index in [0.29, 0.717) is 23.8 Å². The van der Waals surface area contributed by atoms with Crippen molar-refractivity contribution in [1.82, 2.24) is 0 Å². The van der Waals surface area contributed by atoms with Crippen LogP contribution < -0.4 is 4.90 Å². The van der Waals surface area contributed by atoms with Gasteiger partial charge < -0.3 is 10.0 Å². The lowest BCUT2D eigenvalue weighted by atomic mass is 9.94. The number of carboxylic acids is 1. The number of nitrogens with zero attached hydrogens (tertiary/aromatic N) is 2. The monoisotopic (exact) mass is 298 g/mol. The normalized spacial score (nSPS) is 18.9. The molecule has 1 N–H and O–H groups in total. The third-order valence-corrected chi connectivity index (χ3v) is 3.69. The summed E-state index contributed by atoms with van der Waals surface area (Å²) in [6.07, 6.45) is 1.76. The molecular formula is C13H15ClN2O4. The van der Waals surface area contributed by atoms with Gasteiger partial charge >= 0.3 is 5.97 Å². The Balaban J connectivity index is 2.22. The molecule has 1 fully saturated rings. The van der Waals surface area contributed by atoms with Crippen LogP contribution in [-0.4, -0.2) is 29.1 Å². The van der Waals surface area contributed by atoms with Crippen molar-refractivity contribution < 1.29 is 14.8 Å². The summed E-state index contributed by atoms with van der Waals surface area (Å²) in [5.41, 5.74) is 0.475. The van der Waals surface area contributed by atoms with Gasteiger partial charge in [0.05, 0.1) is 4.92 Å². The van der Waals surface area contributed by atoms with Crippen molar-refractivity contribution in [3.63, 3.8) is 0 Å². The number of anilines is 1. The molecule has 1 atom stereocenters. The quantitative estimate of drug-likeness (QED) is 0.682. The smallest absolute Gasteiger partial charge is 0.303 e. The highest BCUT2D eigenvalue weighted by Gasteiger charge is 2.26. The molecule has 20 heavy (non-hydrogen) atoms. The van der Waals surface area contributed by atoms with Crippen molar-refractivity contribution in [3.8, 4) is 0 Å². The summed E-state index contributed by atoms with van der Waals surface area (Å²) in [7, 11) is 0. The number of nitro benzene ring substituents is 1. The van der Waals surface area contributed by atoms with Gasteiger partial charge in [0.1, 0.15) is 5.69 Å². The standard InChI is InChI=1S/C13H15ClN2O4/c14-10-3-4-11(12(7-10)16(19)20)15-5-1-2-9(8-15)6-13(17)18/h3-4,7,9H,1-2,5-6,8H2,(H,17,18). The molecule has 0 bridgehead atoms. The fourth-order valence-corrected chi connectivity index (χ4v) is 2.77. The maximum Gasteiger partial charge on any atom is 0.303 e. The van der Waals surface area contributed by atoms with E-state index in [2.05, 4.69) is 0 Å². The lowest BCUT2D eigenvalue weighted by molar-refractivity contribution is -0.384. The Morgan fingerprint density at radius 1 is 1.55 bits per heavy atom. The Labute approximate surface area is 121 Å². The van der Waals surface area contributed by atoms with E-state index in [-0.39, 0.29) is 18.0 Å². The van der Waals surface area contributed by atoms with Gasteiger partial charge in [-0.05, 0) is 30.9 Å². The van der Waals surface area contributed by atoms with Crippen LogP contribution in [0.3, 0.4) is 0 Å². The molecule has 1 aliphatic heterocycles. The minimum Gasteiger partial charge on any atom is -0.481 e. The zero-order valence-electron chi connectivity index (χ0n) is 10.8. The van der Waals surface area contributed by atoms with Gasteiger partial charge in [-0.15, -0.1) is 0 Å². The van der Waals surface area contributed by atoms with Crippen LogP contribution in [0.5, 0.6) is 0 Å². The largest absolute Gasteiger partial charge is 0.481 e. The van der Waals surface area contributed by atoms with E-state index < -0.39 is 10.9 Å². The first kappa shape index (κ1) is 14.6. The topological polar surface area (TPSA) is 83.7 Å². The third kappa shape index (κ3) is 3.39. The number of carboxylic acid groups (broad SMARTS) is 1. The summed E-state index contributed by atoms with van der Waals surface area (Å²) in [6.45, 7) is 1.22. The SMILES string of the molecule is O=C(O)CC1CCCN(c2ccc(Cl)cc2[N+](=O)[O-])C1. The number of carbonyl (C=O) groups is 1. The molecule has 1 aliphatic rings. The molecule has 7 heteroatoms. The van der Waals surface area contributed by atoms with Crippen LogP contribution in [0.4, 0.5) is 11.4 Å². The molecule has 0 aliphatic carbocycles. The maximum atomic E-state index is 11.1. The molecule has 1 unspecified atom stereocenters. The number of aliphatic carboxylic acids is 1. The van der Waals surface area contributed by atoms with Gasteiger partial charge in [-0.1, -0.05) is 11.6 Å². The fraction of sp³-hybridized carbons (Fsp3) is 0.462. The summed E-state index contributed by atoms with van der Waals surface area (Å²) < 4.78 is 0. The molecule has 1 aromatic rings. The average molecular weight is 299 g/mol. The van der Waals surface area contributed by atoms with Crippen LogP contribution >= 0.6 is 11.6 Å². The third-order valence-electron chi connectivity index (χ3n) is 3.46. The predicted molar refractivity (Wildman–Crippen MR) is 75.3 cm³/mol. The van der Waals surface area contributed by atoms with Gasteiger partial charge in [-0.25, -0.2) is 0 Å². The molecule has 108 valence electrons. The highest BCUT2D eigenvalue weighted by molar-refractivity contribution is 6.30. The summed E-state index contributed by atoms with van der Waals surface area (Å²) in [5, 5.41) is 20.3. The second-order valence-corrected chi connectivity index (χ2v) is 5.38. The van der Waals surface area contributed by atoms with Crippen molar-refractivity contribution >= 4 is 28.9 Å². The van der Waals surface area contributed by atoms with E-state index in [1.165, 1.54) is 6.07 Å². The number of nitro groups is 1. The van der Waals surface area contributed by atoms with Gasteiger partial charge in [0.15, 0.2) is 0 Å². The summed E-state index contributed by atoms with van der Waals surface area (Å²) in [6, 6.07) is 4.58. The zero-order chi connectivity index (χ0) is 14.7. The number of hydrogen-bond donors (Lipinski definition) is 1. The first-order valence-corrected chi connectivity index (χ1v) is 6.76. The molecule has 2 rings (SSSR count). The Morgan fingerprint density at radius 2 is 2.30 bits per heavy atom. The van der Waals surface area contributed by atoms with Crippen molar-refractivity contribution in [2.45, 2.75) is 19.3 Å². The number of halogens is 1. The molecule has 0 aromatic heterocycles. The van der Waals surface area contributed by atoms with Gasteiger partial charge in [0.2, 0.25) is 0 Å². The van der Waals surface area contributed by atoms with Crippen LogP contribution in [0, 0.1) is 16.0 Å². The first-order valence-electron chi connectivity index (χ1n) is 6.38. The minimum absolute atomic E-state index is 0.0246. The number of benzene rings is 1. The van der Waals surface area contributed by atoms with Gasteiger partial charge in [-0.3, -0.25) is 14.9 Å². The molecule has 0 saturated carbocycles. The van der Waals surface area contributed by atoms with E-state index in [1.54, 1.807) is 12.1 Å². The molecule has 1 aromatic carbocycles. The van der Waals surface area contributed by atoms with Gasteiger partial charge in [-0.2, -0.15) is 0 Å². The first-order chi connectivity index (χ1) is 9.47. The van der Waals surface area contributed by atoms with Gasteiger partial charge in [0, 0.05) is 30.6 Å². The van der Waals surface area contributed by atoms with Crippen LogP contribution in [-0.2, 0) is 4.79 Å². The number of piperidine rings is 1. The Hall–Kier alpha value is -1.82. The Bertz CT molecular complexity index is 535. The van der Waals surface area contributed by atoms with Crippen LogP contribution in [0.2, 0.25) is 5.02 Å². The van der Waals surface area contributed by atoms with Crippen LogP contribution in [0.1, 0.15) is 19.3 Å². The van der Waals surface area contributed by atoms with E-state index in [0.717, 1.165) is 12.8 Å². The van der Waals surface area contributed by atoms with Crippen LogP contribution in [0.25, 0.3) is 0 Å². The van der Waals surface area contributed by atoms with E-state index in [1.807, 2.05) is 4.90 Å². The molecule has 0 radical (unpaired) electrons. The molecule has 6 nitrogen and oxygen atoms in total. The summed E-state index contributed by atoms with van der Waals surface area (Å²) >= 11 is 5.80. The van der Waals surface area contributed by atoms with E-state index in [9.17, 15) is 14.9 Å². The van der Waals surface area contributed by atoms with Crippen molar-refractivity contribution in [2.75, 3.05) is 18.0 Å². The molecular weight excluding hydrogens is 284 g/mol. The van der Waals surface area contributed by atoms with Crippen molar-refractivity contribution in [2.24, 2.45) is 5.92 Å². The summed E-state index contributed by atoms with van der Waals surface area (Å²) in [5.74, 6) is -0.806. The molecule has 1 saturated heterocycles. The Kier molecular flexibility index (Phi) is 4.44. The van der Waals surface area contributed by atoms with Crippen LogP contribution in [0.15, 0.2) is 18.2 Å². The van der Waals surface area contributed by atoms with E-state index >= 15 is 0 Å². The maximum absolute atomic E-state index is 11.1. The lowest BCUT2D eigenvalue weighted by Gasteiger charge is -2.33. The minimum atomic E-state index is -0.831. The lowest BCUT2D eigenvalue weighted by Crippen LogP contribution is -2.36. The van der Waals surface area contributed by atoms with Gasteiger partial charge in [0.25, 0.3) is 5.69 Å². The second-order valence-electron chi connectivity index (χ2n) is 4.94. The fourth-order valence-electron chi connectivity index (χ4n) is 2.61. The summed E-state index contributed by atoms with van der Waals surface area (Å²) in [4.78, 5) is 23.3. The predicted octanol–water partition coefficient (Wildman–Crippen LogP) is 2.94. The zero-order valence-corrected chi connectivity index (χ0v) is 11.5.